The summed E-state index contributed by atoms with van der Waals surface area (Å²) < 4.78 is 5.74. The van der Waals surface area contributed by atoms with E-state index >= 15 is 0 Å². The van der Waals surface area contributed by atoms with Crippen molar-refractivity contribution in [1.29, 1.82) is 5.26 Å². The average molecular weight is 470 g/mol. The average Bonchev–Trinajstić information content (AvgIpc) is 3.18. The van der Waals surface area contributed by atoms with Gasteiger partial charge in [-0.3, -0.25) is 9.59 Å². The van der Waals surface area contributed by atoms with Crippen LogP contribution in [0.1, 0.15) is 30.0 Å². The van der Waals surface area contributed by atoms with E-state index < -0.39 is 5.54 Å². The summed E-state index contributed by atoms with van der Waals surface area (Å²) >= 11 is 12.4. The number of hydrogen-bond donors (Lipinski definition) is 1. The van der Waals surface area contributed by atoms with Gasteiger partial charge in [0.2, 0.25) is 11.8 Å². The van der Waals surface area contributed by atoms with E-state index in [0.717, 1.165) is 5.56 Å². The molecule has 0 bridgehead atoms. The number of carbonyl (C=O) groups is 2. The molecule has 8 heteroatoms. The van der Waals surface area contributed by atoms with Gasteiger partial charge in [0.05, 0.1) is 24.3 Å². The molecule has 2 aromatic rings. The third-order valence-electron chi connectivity index (χ3n) is 5.94. The predicted molar refractivity (Wildman–Crippen MR) is 122 cm³/mol. The Balaban J connectivity index is 1.81. The van der Waals surface area contributed by atoms with E-state index in [1.165, 1.54) is 14.0 Å². The summed E-state index contributed by atoms with van der Waals surface area (Å²) in [6.45, 7) is 1.90. The Morgan fingerprint density at radius 3 is 2.47 bits per heavy atom. The summed E-state index contributed by atoms with van der Waals surface area (Å²) in [6, 6.07) is 14.1. The summed E-state index contributed by atoms with van der Waals surface area (Å²) in [5.74, 6) is 0.182. The highest BCUT2D eigenvalue weighted by atomic mass is 35.5. The van der Waals surface area contributed by atoms with Crippen molar-refractivity contribution in [2.24, 2.45) is 0 Å². The number of carbonyl (C=O) groups excluding carboxylic acids is 2. The number of nitriles is 1. The van der Waals surface area contributed by atoms with Crippen LogP contribution in [0.4, 0.5) is 0 Å². The Labute approximate surface area is 196 Å². The Morgan fingerprint density at radius 1 is 1.25 bits per heavy atom. The lowest BCUT2D eigenvalue weighted by molar-refractivity contribution is -0.122. The van der Waals surface area contributed by atoms with Crippen LogP contribution < -0.4 is 5.32 Å². The van der Waals surface area contributed by atoms with Gasteiger partial charge in [-0.1, -0.05) is 35.3 Å². The zero-order valence-electron chi connectivity index (χ0n) is 17.6. The monoisotopic (exact) mass is 469 g/mol. The molecule has 4 rings (SSSR count). The summed E-state index contributed by atoms with van der Waals surface area (Å²) in [7, 11) is 1.53. The molecule has 2 aliphatic rings. The van der Waals surface area contributed by atoms with Crippen LogP contribution in [0.15, 0.2) is 48.3 Å². The fourth-order valence-electron chi connectivity index (χ4n) is 4.77. The van der Waals surface area contributed by atoms with Crippen molar-refractivity contribution in [1.82, 2.24) is 10.2 Å². The number of methoxy groups -OCH3 is 1. The fraction of sp³-hybridized carbons (Fsp3) is 0.292. The van der Waals surface area contributed by atoms with Crippen LogP contribution in [0.3, 0.4) is 0 Å². The number of benzene rings is 2. The topological polar surface area (TPSA) is 82.4 Å². The maximum Gasteiger partial charge on any atom is 0.217 e. The molecule has 0 unspecified atom stereocenters. The summed E-state index contributed by atoms with van der Waals surface area (Å²) in [4.78, 5) is 27.7. The fourth-order valence-corrected chi connectivity index (χ4v) is 5.29. The highest BCUT2D eigenvalue weighted by molar-refractivity contribution is 6.36. The molecule has 0 radical (unpaired) electrons. The molecule has 0 aromatic heterocycles. The maximum atomic E-state index is 14.0. The van der Waals surface area contributed by atoms with Crippen LogP contribution in [0, 0.1) is 11.3 Å². The minimum absolute atomic E-state index is 0.107. The highest BCUT2D eigenvalue weighted by Gasteiger charge is 2.59. The van der Waals surface area contributed by atoms with E-state index in [1.54, 1.807) is 30.3 Å². The van der Waals surface area contributed by atoms with Crippen molar-refractivity contribution < 1.29 is 14.3 Å². The number of nitrogens with zero attached hydrogens (tertiary/aromatic N) is 2. The Hall–Kier alpha value is -3.01. The van der Waals surface area contributed by atoms with Crippen LogP contribution in [-0.2, 0) is 20.7 Å². The highest BCUT2D eigenvalue weighted by Crippen LogP contribution is 2.48. The van der Waals surface area contributed by atoms with Gasteiger partial charge in [-0.15, -0.1) is 0 Å². The molecule has 1 N–H and O–H groups in total. The van der Waals surface area contributed by atoms with Crippen molar-refractivity contribution in [3.05, 3.63) is 75.1 Å². The molecule has 2 aromatic carbocycles. The smallest absolute Gasteiger partial charge is 0.217 e. The largest absolute Gasteiger partial charge is 0.482 e. The SMILES string of the molecule is COC1=C(c2cc(Cl)cc(Cl)c2)C(=O)[C@]2(Cc3ccc(C#N)cc3)C[C@H](NC(C)=O)CN12. The maximum absolute atomic E-state index is 14.0. The zero-order chi connectivity index (χ0) is 23.0. The van der Waals surface area contributed by atoms with Gasteiger partial charge in [0, 0.05) is 42.4 Å². The number of nitrogens with one attached hydrogen (secondary N) is 1. The first kappa shape index (κ1) is 22.2. The molecule has 6 nitrogen and oxygen atoms in total. The third kappa shape index (κ3) is 3.83. The third-order valence-corrected chi connectivity index (χ3v) is 6.38. The van der Waals surface area contributed by atoms with E-state index in [1.807, 2.05) is 17.0 Å². The van der Waals surface area contributed by atoms with E-state index in [9.17, 15) is 9.59 Å². The van der Waals surface area contributed by atoms with E-state index in [0.29, 0.717) is 52.0 Å². The number of amides is 1. The molecule has 2 heterocycles. The molecular weight excluding hydrogens is 449 g/mol. The van der Waals surface area contributed by atoms with Crippen LogP contribution >= 0.6 is 23.2 Å². The minimum atomic E-state index is -0.934. The number of halogens is 2. The van der Waals surface area contributed by atoms with Gasteiger partial charge in [-0.2, -0.15) is 5.26 Å². The van der Waals surface area contributed by atoms with Gasteiger partial charge in [0.1, 0.15) is 5.54 Å². The molecule has 0 spiro atoms. The summed E-state index contributed by atoms with van der Waals surface area (Å²) in [5, 5.41) is 12.9. The minimum Gasteiger partial charge on any atom is -0.482 e. The number of Topliss-reactive ketones (excluding diaryl/α,β-unsaturated/α-hetero) is 1. The number of ketones is 1. The lowest BCUT2D eigenvalue weighted by Gasteiger charge is -2.32. The Kier molecular flexibility index (Phi) is 5.89. The Bertz CT molecular complexity index is 1150. The van der Waals surface area contributed by atoms with Crippen molar-refractivity contribution >= 4 is 40.5 Å². The second-order valence-corrected chi connectivity index (χ2v) is 8.97. The molecule has 2 aliphatic heterocycles. The summed E-state index contributed by atoms with van der Waals surface area (Å²) in [5.41, 5.74) is 1.54. The molecule has 0 aliphatic carbocycles. The second-order valence-electron chi connectivity index (χ2n) is 8.10. The number of rotatable bonds is 5. The van der Waals surface area contributed by atoms with Gasteiger partial charge in [0.25, 0.3) is 0 Å². The van der Waals surface area contributed by atoms with Gasteiger partial charge < -0.3 is 15.0 Å². The van der Waals surface area contributed by atoms with Crippen LogP contribution in [0.5, 0.6) is 0 Å². The predicted octanol–water partition coefficient (Wildman–Crippen LogP) is 3.95. The second kappa shape index (κ2) is 8.50. The number of hydrogen-bond acceptors (Lipinski definition) is 5. The van der Waals surface area contributed by atoms with Crippen LogP contribution in [0.25, 0.3) is 5.57 Å². The van der Waals surface area contributed by atoms with Crippen molar-refractivity contribution in [3.8, 4) is 6.07 Å². The van der Waals surface area contributed by atoms with Gasteiger partial charge in [-0.25, -0.2) is 0 Å². The molecule has 164 valence electrons. The lowest BCUT2D eigenvalue weighted by Crippen LogP contribution is -2.47. The van der Waals surface area contributed by atoms with Crippen molar-refractivity contribution in [2.45, 2.75) is 31.3 Å². The van der Waals surface area contributed by atoms with E-state index in [4.69, 9.17) is 33.2 Å². The van der Waals surface area contributed by atoms with Crippen molar-refractivity contribution in [2.75, 3.05) is 13.7 Å². The molecule has 0 saturated carbocycles. The number of ether oxygens (including phenoxy) is 1. The first-order chi connectivity index (χ1) is 15.3. The first-order valence-corrected chi connectivity index (χ1v) is 10.9. The number of fused-ring (bicyclic) bond motifs is 1. The molecule has 32 heavy (non-hydrogen) atoms. The zero-order valence-corrected chi connectivity index (χ0v) is 19.1. The summed E-state index contributed by atoms with van der Waals surface area (Å²) in [6.07, 6.45) is 0.828. The normalized spacial score (nSPS) is 22.0. The molecule has 1 amide bonds. The van der Waals surface area contributed by atoms with Gasteiger partial charge in [0.15, 0.2) is 5.78 Å². The van der Waals surface area contributed by atoms with Crippen LogP contribution in [-0.4, -0.2) is 41.8 Å². The van der Waals surface area contributed by atoms with Crippen molar-refractivity contribution in [3.63, 3.8) is 0 Å². The van der Waals surface area contributed by atoms with E-state index in [2.05, 4.69) is 11.4 Å². The molecular formula is C24H21Cl2N3O3. The lowest BCUT2D eigenvalue weighted by atomic mass is 9.81. The van der Waals surface area contributed by atoms with Crippen LogP contribution in [0.2, 0.25) is 10.0 Å². The standard InChI is InChI=1S/C24H21Cl2N3O3/c1-14(30)28-20-11-24(10-15-3-5-16(12-27)6-4-15)22(31)21(23(32-2)29(24)13-20)17-7-18(25)9-19(26)8-17/h3-9,20H,10-11,13H2,1-2H3,(H,28,30)/t20-,24-/m0/s1. The molecule has 2 atom stereocenters. The molecule has 1 saturated heterocycles. The quantitative estimate of drug-likeness (QED) is 0.716. The Morgan fingerprint density at radius 2 is 1.91 bits per heavy atom. The van der Waals surface area contributed by atoms with Gasteiger partial charge in [-0.05, 0) is 41.5 Å². The van der Waals surface area contributed by atoms with E-state index in [-0.39, 0.29) is 17.7 Å². The molecule has 1 fully saturated rings. The first-order valence-electron chi connectivity index (χ1n) is 10.1. The van der Waals surface area contributed by atoms with Gasteiger partial charge >= 0.3 is 0 Å².